The minimum absolute atomic E-state index is 0.198. The molecule has 8 heteroatoms. The molecule has 0 radical (unpaired) electrons. The van der Waals surface area contributed by atoms with Gasteiger partial charge in [0.1, 0.15) is 0 Å². The lowest BCUT2D eigenvalue weighted by molar-refractivity contribution is 0.538. The summed E-state index contributed by atoms with van der Waals surface area (Å²) in [5, 5.41) is 7.23. The van der Waals surface area contributed by atoms with Crippen LogP contribution in [-0.2, 0) is 16.4 Å². The Hall–Kier alpha value is -3.07. The van der Waals surface area contributed by atoms with Crippen LogP contribution < -0.4 is 4.72 Å². The Morgan fingerprint density at radius 3 is 2.23 bits per heavy atom. The van der Waals surface area contributed by atoms with Crippen LogP contribution in [0.1, 0.15) is 23.0 Å². The Bertz CT molecular complexity index is 1310. The Kier molecular flexibility index (Phi) is 6.13. The van der Waals surface area contributed by atoms with Gasteiger partial charge in [-0.2, -0.15) is 5.10 Å². The summed E-state index contributed by atoms with van der Waals surface area (Å²) >= 11 is 5.47. The topological polar surface area (TPSA) is 79.8 Å². The molecular weight excluding hydrogens is 428 g/mol. The molecule has 1 atom stereocenters. The Morgan fingerprint density at radius 2 is 1.58 bits per heavy atom. The molecule has 0 unspecified atom stereocenters. The number of nitrogens with one attached hydrogen (secondary N) is 2. The highest BCUT2D eigenvalue weighted by molar-refractivity contribution is 7.89. The standard InChI is InChI=1S/C23H22N4O2S2/c1-17-12-14-19(15-13-17)27-22(24-25-23(27)30)21(16-18-8-4-2-5-9-18)26-31(28,29)20-10-6-3-7-11-20/h2-15,21,26H,16H2,1H3,(H,25,30)/t21-/m0/s1. The van der Waals surface area contributed by atoms with Crippen molar-refractivity contribution in [1.29, 1.82) is 0 Å². The van der Waals surface area contributed by atoms with Crippen LogP contribution in [0.15, 0.2) is 89.8 Å². The van der Waals surface area contributed by atoms with E-state index in [0.29, 0.717) is 17.0 Å². The zero-order valence-electron chi connectivity index (χ0n) is 16.9. The maximum absolute atomic E-state index is 13.1. The second-order valence-corrected chi connectivity index (χ2v) is 9.34. The fourth-order valence-electron chi connectivity index (χ4n) is 3.38. The number of benzene rings is 3. The molecular formula is C23H22N4O2S2. The molecule has 0 aliphatic heterocycles. The molecule has 0 saturated carbocycles. The van der Waals surface area contributed by atoms with E-state index in [0.717, 1.165) is 16.8 Å². The smallest absolute Gasteiger partial charge is 0.241 e. The summed E-state index contributed by atoms with van der Waals surface area (Å²) in [6.45, 7) is 2.01. The second-order valence-electron chi connectivity index (χ2n) is 7.23. The van der Waals surface area contributed by atoms with E-state index in [1.165, 1.54) is 0 Å². The Balaban J connectivity index is 1.79. The summed E-state index contributed by atoms with van der Waals surface area (Å²) in [6, 6.07) is 25.2. The van der Waals surface area contributed by atoms with Crippen molar-refractivity contribution in [3.8, 4) is 5.69 Å². The van der Waals surface area contributed by atoms with Crippen molar-refractivity contribution in [3.05, 3.63) is 107 Å². The van der Waals surface area contributed by atoms with Gasteiger partial charge in [-0.25, -0.2) is 13.1 Å². The maximum atomic E-state index is 13.1. The number of sulfonamides is 1. The van der Waals surface area contributed by atoms with E-state index in [1.54, 1.807) is 34.9 Å². The highest BCUT2D eigenvalue weighted by atomic mass is 32.2. The van der Waals surface area contributed by atoms with Gasteiger partial charge in [-0.15, -0.1) is 0 Å². The number of aromatic nitrogens is 3. The molecule has 0 spiro atoms. The summed E-state index contributed by atoms with van der Waals surface area (Å²) < 4.78 is 31.2. The van der Waals surface area contributed by atoms with Crippen LogP contribution in [0.25, 0.3) is 5.69 Å². The van der Waals surface area contributed by atoms with Crippen LogP contribution >= 0.6 is 12.2 Å². The van der Waals surface area contributed by atoms with Crippen LogP contribution in [0, 0.1) is 11.7 Å². The quantitative estimate of drug-likeness (QED) is 0.406. The highest BCUT2D eigenvalue weighted by Gasteiger charge is 2.26. The number of hydrogen-bond acceptors (Lipinski definition) is 4. The first-order valence-electron chi connectivity index (χ1n) is 9.80. The van der Waals surface area contributed by atoms with Gasteiger partial charge in [-0.1, -0.05) is 66.2 Å². The molecule has 158 valence electrons. The third-order valence-electron chi connectivity index (χ3n) is 4.94. The molecule has 0 aliphatic rings. The van der Waals surface area contributed by atoms with Crippen molar-refractivity contribution < 1.29 is 8.42 Å². The number of hydrogen-bond donors (Lipinski definition) is 2. The Labute approximate surface area is 186 Å². The fourth-order valence-corrected chi connectivity index (χ4v) is 4.84. The number of aromatic amines is 1. The molecule has 0 saturated heterocycles. The van der Waals surface area contributed by atoms with E-state index in [-0.39, 0.29) is 4.90 Å². The molecule has 4 rings (SSSR count). The summed E-state index contributed by atoms with van der Waals surface area (Å²) in [4.78, 5) is 0.198. The van der Waals surface area contributed by atoms with Crippen molar-refractivity contribution in [1.82, 2.24) is 19.5 Å². The van der Waals surface area contributed by atoms with E-state index in [2.05, 4.69) is 14.9 Å². The molecule has 6 nitrogen and oxygen atoms in total. The maximum Gasteiger partial charge on any atom is 0.241 e. The molecule has 4 aromatic rings. The lowest BCUT2D eigenvalue weighted by Crippen LogP contribution is -2.32. The minimum atomic E-state index is -3.78. The zero-order chi connectivity index (χ0) is 21.8. The van der Waals surface area contributed by atoms with Gasteiger partial charge in [0, 0.05) is 5.69 Å². The van der Waals surface area contributed by atoms with Crippen LogP contribution in [0.5, 0.6) is 0 Å². The van der Waals surface area contributed by atoms with E-state index in [9.17, 15) is 8.42 Å². The molecule has 31 heavy (non-hydrogen) atoms. The first-order chi connectivity index (χ1) is 14.9. The lowest BCUT2D eigenvalue weighted by Gasteiger charge is -2.19. The van der Waals surface area contributed by atoms with Gasteiger partial charge in [-0.05, 0) is 55.4 Å². The van der Waals surface area contributed by atoms with Gasteiger partial charge >= 0.3 is 0 Å². The number of rotatable bonds is 7. The number of nitrogens with zero attached hydrogens (tertiary/aromatic N) is 2. The zero-order valence-corrected chi connectivity index (χ0v) is 18.5. The largest absolute Gasteiger partial charge is 0.271 e. The van der Waals surface area contributed by atoms with Crippen molar-refractivity contribution in [3.63, 3.8) is 0 Å². The SMILES string of the molecule is Cc1ccc(-n2c([C@H](Cc3ccccc3)NS(=O)(=O)c3ccccc3)n[nH]c2=S)cc1. The first-order valence-corrected chi connectivity index (χ1v) is 11.7. The molecule has 0 amide bonds. The van der Waals surface area contributed by atoms with Crippen molar-refractivity contribution >= 4 is 22.2 Å². The molecule has 0 aliphatic carbocycles. The van der Waals surface area contributed by atoms with Gasteiger partial charge in [0.05, 0.1) is 10.9 Å². The summed E-state index contributed by atoms with van der Waals surface area (Å²) in [5.41, 5.74) is 2.91. The average molecular weight is 451 g/mol. The fraction of sp³-hybridized carbons (Fsp3) is 0.130. The predicted octanol–water partition coefficient (Wildman–Crippen LogP) is 4.50. The van der Waals surface area contributed by atoms with Crippen molar-refractivity contribution in [2.24, 2.45) is 0 Å². The molecule has 0 bridgehead atoms. The van der Waals surface area contributed by atoms with E-state index in [4.69, 9.17) is 12.2 Å². The summed E-state index contributed by atoms with van der Waals surface area (Å²) in [5.74, 6) is 0.497. The molecule has 2 N–H and O–H groups in total. The first kappa shape index (κ1) is 21.2. The summed E-state index contributed by atoms with van der Waals surface area (Å²) in [7, 11) is -3.78. The molecule has 1 heterocycles. The van der Waals surface area contributed by atoms with Crippen LogP contribution in [0.3, 0.4) is 0 Å². The van der Waals surface area contributed by atoms with Crippen LogP contribution in [0.2, 0.25) is 0 Å². The number of aryl methyl sites for hydroxylation is 1. The minimum Gasteiger partial charge on any atom is -0.271 e. The van der Waals surface area contributed by atoms with E-state index < -0.39 is 16.1 Å². The molecule has 1 aromatic heterocycles. The van der Waals surface area contributed by atoms with Crippen LogP contribution in [0.4, 0.5) is 0 Å². The average Bonchev–Trinajstić information content (AvgIpc) is 3.16. The van der Waals surface area contributed by atoms with Gasteiger partial charge in [0.2, 0.25) is 10.0 Å². The van der Waals surface area contributed by atoms with Gasteiger partial charge in [-0.3, -0.25) is 9.67 Å². The summed E-state index contributed by atoms with van der Waals surface area (Å²) in [6.07, 6.45) is 0.415. The van der Waals surface area contributed by atoms with E-state index in [1.807, 2.05) is 61.5 Å². The van der Waals surface area contributed by atoms with Gasteiger partial charge in [0.25, 0.3) is 0 Å². The normalized spacial score (nSPS) is 12.5. The third-order valence-corrected chi connectivity index (χ3v) is 6.70. The lowest BCUT2D eigenvalue weighted by atomic mass is 10.1. The molecule has 0 fully saturated rings. The number of H-pyrrole nitrogens is 1. The highest BCUT2D eigenvalue weighted by Crippen LogP contribution is 2.23. The van der Waals surface area contributed by atoms with Gasteiger partial charge in [0.15, 0.2) is 10.6 Å². The van der Waals surface area contributed by atoms with Crippen molar-refractivity contribution in [2.45, 2.75) is 24.3 Å². The van der Waals surface area contributed by atoms with Gasteiger partial charge < -0.3 is 0 Å². The van der Waals surface area contributed by atoms with E-state index >= 15 is 0 Å². The monoisotopic (exact) mass is 450 g/mol. The predicted molar refractivity (Wildman–Crippen MR) is 123 cm³/mol. The van der Waals surface area contributed by atoms with Crippen molar-refractivity contribution in [2.75, 3.05) is 0 Å². The second kappa shape index (κ2) is 8.97. The third kappa shape index (κ3) is 4.82. The van der Waals surface area contributed by atoms with Crippen LogP contribution in [-0.4, -0.2) is 23.2 Å². The Morgan fingerprint density at radius 1 is 0.968 bits per heavy atom. The molecule has 3 aromatic carbocycles.